The normalized spacial score (nSPS) is 12.7. The van der Waals surface area contributed by atoms with Gasteiger partial charge in [0, 0.05) is 19.3 Å². The van der Waals surface area contributed by atoms with Crippen LogP contribution >= 0.6 is 0 Å². The van der Waals surface area contributed by atoms with Crippen molar-refractivity contribution in [3.63, 3.8) is 0 Å². The number of ether oxygens (including phenoxy) is 3. The van der Waals surface area contributed by atoms with Gasteiger partial charge in [-0.05, 0) is 96.3 Å². The fourth-order valence-electron chi connectivity index (χ4n) is 8.38. The summed E-state index contributed by atoms with van der Waals surface area (Å²) in [4.78, 5) is 38.2. The lowest BCUT2D eigenvalue weighted by atomic mass is 10.0. The molecule has 0 radical (unpaired) electrons. The highest BCUT2D eigenvalue weighted by atomic mass is 16.6. The SMILES string of the molecule is CC/C=C\C/C=C\C/C=C\C/C=C\CCCCCCCCC(=O)OCC(COC(=O)CCCCCCCCCCCCCCCCC)OC(=O)CCCCCCCC/C=C\C/C=C\C/C=C\CCCCC. The van der Waals surface area contributed by atoms with Crippen LogP contribution in [0.4, 0.5) is 0 Å². The number of hydrogen-bond acceptors (Lipinski definition) is 6. The van der Waals surface area contributed by atoms with E-state index in [1.807, 2.05) is 0 Å². The number of carbonyl (C=O) groups is 3. The second-order valence-electron chi connectivity index (χ2n) is 19.9. The predicted molar refractivity (Wildman–Crippen MR) is 307 cm³/mol. The van der Waals surface area contributed by atoms with Crippen molar-refractivity contribution in [2.75, 3.05) is 13.2 Å². The minimum atomic E-state index is -0.789. The summed E-state index contributed by atoms with van der Waals surface area (Å²) in [6, 6.07) is 0. The molecule has 0 aromatic rings. The number of carbonyl (C=O) groups excluding carboxylic acids is 3. The number of rotatable bonds is 54. The van der Waals surface area contributed by atoms with Crippen molar-refractivity contribution < 1.29 is 28.6 Å². The van der Waals surface area contributed by atoms with E-state index in [2.05, 4.69) is 106 Å². The van der Waals surface area contributed by atoms with Crippen molar-refractivity contribution in [3.05, 3.63) is 85.1 Å². The van der Waals surface area contributed by atoms with Gasteiger partial charge in [-0.25, -0.2) is 0 Å². The average Bonchev–Trinajstić information content (AvgIpc) is 3.37. The molecule has 6 heteroatoms. The molecule has 0 aromatic heterocycles. The Morgan fingerprint density at radius 3 is 0.887 bits per heavy atom. The number of unbranched alkanes of at least 4 members (excludes halogenated alkanes) is 29. The van der Waals surface area contributed by atoms with Gasteiger partial charge < -0.3 is 14.2 Å². The summed E-state index contributed by atoms with van der Waals surface area (Å²) in [5.41, 5.74) is 0. The molecule has 0 heterocycles. The predicted octanol–water partition coefficient (Wildman–Crippen LogP) is 20.3. The molecule has 6 nitrogen and oxygen atoms in total. The lowest BCUT2D eigenvalue weighted by Gasteiger charge is -2.18. The Morgan fingerprint density at radius 2 is 0.549 bits per heavy atom. The Labute approximate surface area is 439 Å². The largest absolute Gasteiger partial charge is 0.462 e. The van der Waals surface area contributed by atoms with E-state index in [1.54, 1.807) is 0 Å². The quantitative estimate of drug-likeness (QED) is 0.0261. The minimum absolute atomic E-state index is 0.0845. The van der Waals surface area contributed by atoms with Gasteiger partial charge in [-0.2, -0.15) is 0 Å². The third kappa shape index (κ3) is 57.4. The van der Waals surface area contributed by atoms with Crippen molar-refractivity contribution in [2.45, 2.75) is 297 Å². The Balaban J connectivity index is 4.43. The number of esters is 3. The second kappa shape index (κ2) is 59.2. The summed E-state index contributed by atoms with van der Waals surface area (Å²) < 4.78 is 16.9. The Hall–Kier alpha value is -3.41. The molecule has 0 aliphatic rings. The Kier molecular flexibility index (Phi) is 56.3. The second-order valence-corrected chi connectivity index (χ2v) is 19.9. The van der Waals surface area contributed by atoms with E-state index in [0.717, 1.165) is 116 Å². The van der Waals surface area contributed by atoms with Crippen molar-refractivity contribution in [1.29, 1.82) is 0 Å². The van der Waals surface area contributed by atoms with Crippen LogP contribution in [0.25, 0.3) is 0 Å². The molecule has 0 rings (SSSR count). The van der Waals surface area contributed by atoms with Gasteiger partial charge in [-0.3, -0.25) is 14.4 Å². The molecule has 0 spiro atoms. The first kappa shape index (κ1) is 67.6. The third-order valence-electron chi connectivity index (χ3n) is 12.9. The van der Waals surface area contributed by atoms with E-state index in [-0.39, 0.29) is 31.1 Å². The molecule has 0 saturated heterocycles. The number of hydrogen-bond donors (Lipinski definition) is 0. The molecule has 0 fully saturated rings. The van der Waals surface area contributed by atoms with E-state index in [4.69, 9.17) is 14.2 Å². The molecule has 0 aliphatic carbocycles. The summed E-state index contributed by atoms with van der Waals surface area (Å²) >= 11 is 0. The topological polar surface area (TPSA) is 78.9 Å². The van der Waals surface area contributed by atoms with E-state index in [1.165, 1.54) is 135 Å². The highest BCUT2D eigenvalue weighted by Gasteiger charge is 2.19. The summed E-state index contributed by atoms with van der Waals surface area (Å²) in [7, 11) is 0. The van der Waals surface area contributed by atoms with E-state index >= 15 is 0 Å². The van der Waals surface area contributed by atoms with Gasteiger partial charge in [0.1, 0.15) is 13.2 Å². The highest BCUT2D eigenvalue weighted by Crippen LogP contribution is 2.16. The van der Waals surface area contributed by atoms with Crippen molar-refractivity contribution in [3.8, 4) is 0 Å². The van der Waals surface area contributed by atoms with Crippen LogP contribution in [0.2, 0.25) is 0 Å². The standard InChI is InChI=1S/C65H112O6/c1-4-7-10-13-16-19-22-25-28-30-32-34-37-40-43-46-49-52-55-58-64(67)70-61-62(60-69-63(66)57-54-51-48-45-42-39-36-27-24-21-18-15-12-9-6-3)71-65(68)59-56-53-50-47-44-41-38-35-33-31-29-26-23-20-17-14-11-8-5-2/h7,10,16-17,19-20,25-26,28-29,32-35,62H,4-6,8-9,11-15,18,21-24,27,30-31,36-61H2,1-3H3/b10-7-,19-16-,20-17-,28-25-,29-26-,34-32-,35-33-. The molecule has 0 aliphatic heterocycles. The lowest BCUT2D eigenvalue weighted by Crippen LogP contribution is -2.30. The van der Waals surface area contributed by atoms with Crippen LogP contribution < -0.4 is 0 Å². The molecule has 0 aromatic carbocycles. The third-order valence-corrected chi connectivity index (χ3v) is 12.9. The van der Waals surface area contributed by atoms with Crippen molar-refractivity contribution in [2.24, 2.45) is 0 Å². The maximum Gasteiger partial charge on any atom is 0.306 e. The first-order chi connectivity index (χ1) is 35.0. The zero-order valence-electron chi connectivity index (χ0n) is 46.7. The molecule has 408 valence electrons. The lowest BCUT2D eigenvalue weighted by molar-refractivity contribution is -0.167. The van der Waals surface area contributed by atoms with Gasteiger partial charge in [0.25, 0.3) is 0 Å². The molecular formula is C65H112O6. The van der Waals surface area contributed by atoms with E-state index in [9.17, 15) is 14.4 Å². The van der Waals surface area contributed by atoms with Crippen LogP contribution in [0.1, 0.15) is 290 Å². The number of allylic oxidation sites excluding steroid dienone is 14. The zero-order chi connectivity index (χ0) is 51.4. The summed E-state index contributed by atoms with van der Waals surface area (Å²) in [5, 5.41) is 0. The minimum Gasteiger partial charge on any atom is -0.462 e. The highest BCUT2D eigenvalue weighted by molar-refractivity contribution is 5.71. The molecule has 0 bridgehead atoms. The molecule has 0 amide bonds. The van der Waals surface area contributed by atoms with Crippen molar-refractivity contribution >= 4 is 17.9 Å². The zero-order valence-corrected chi connectivity index (χ0v) is 46.7. The van der Waals surface area contributed by atoms with Crippen LogP contribution in [0.15, 0.2) is 85.1 Å². The molecule has 0 N–H and O–H groups in total. The Bertz CT molecular complexity index is 1370. The van der Waals surface area contributed by atoms with Gasteiger partial charge >= 0.3 is 17.9 Å². The summed E-state index contributed by atoms with van der Waals surface area (Å²) in [5.74, 6) is -0.902. The molecule has 0 saturated carbocycles. The van der Waals surface area contributed by atoms with Gasteiger partial charge in [-0.1, -0.05) is 260 Å². The monoisotopic (exact) mass is 989 g/mol. The molecular weight excluding hydrogens is 877 g/mol. The van der Waals surface area contributed by atoms with Gasteiger partial charge in [0.05, 0.1) is 0 Å². The van der Waals surface area contributed by atoms with Crippen LogP contribution in [0, 0.1) is 0 Å². The van der Waals surface area contributed by atoms with E-state index in [0.29, 0.717) is 19.3 Å². The maximum absolute atomic E-state index is 12.9. The first-order valence-electron chi connectivity index (χ1n) is 30.1. The smallest absolute Gasteiger partial charge is 0.306 e. The maximum atomic E-state index is 12.9. The van der Waals surface area contributed by atoms with Crippen LogP contribution in [-0.2, 0) is 28.6 Å². The van der Waals surface area contributed by atoms with Gasteiger partial charge in [0.15, 0.2) is 6.10 Å². The molecule has 1 unspecified atom stereocenters. The van der Waals surface area contributed by atoms with E-state index < -0.39 is 6.10 Å². The molecule has 71 heavy (non-hydrogen) atoms. The van der Waals surface area contributed by atoms with Gasteiger partial charge in [-0.15, -0.1) is 0 Å². The summed E-state index contributed by atoms with van der Waals surface area (Å²) in [6.45, 7) is 6.50. The summed E-state index contributed by atoms with van der Waals surface area (Å²) in [6.07, 6.45) is 77.1. The van der Waals surface area contributed by atoms with Crippen molar-refractivity contribution in [1.82, 2.24) is 0 Å². The Morgan fingerprint density at radius 1 is 0.296 bits per heavy atom. The van der Waals surface area contributed by atoms with Crippen LogP contribution in [-0.4, -0.2) is 37.2 Å². The van der Waals surface area contributed by atoms with Crippen LogP contribution in [0.5, 0.6) is 0 Å². The fraction of sp³-hybridized carbons (Fsp3) is 0.738. The fourth-order valence-corrected chi connectivity index (χ4v) is 8.38. The van der Waals surface area contributed by atoms with Gasteiger partial charge in [0.2, 0.25) is 0 Å². The average molecular weight is 990 g/mol. The first-order valence-corrected chi connectivity index (χ1v) is 30.1. The molecule has 1 atom stereocenters. The van der Waals surface area contributed by atoms with Crippen LogP contribution in [0.3, 0.4) is 0 Å².